The molecule has 0 fully saturated rings. The predicted octanol–water partition coefficient (Wildman–Crippen LogP) is 3.47. The van der Waals surface area contributed by atoms with Crippen LogP contribution in [0.25, 0.3) is 0 Å². The van der Waals surface area contributed by atoms with Crippen molar-refractivity contribution < 1.29 is 17.9 Å². The highest BCUT2D eigenvalue weighted by molar-refractivity contribution is 7.92. The summed E-state index contributed by atoms with van der Waals surface area (Å²) in [5.74, 6) is -0.0244. The van der Waals surface area contributed by atoms with Crippen LogP contribution in [0.2, 0.25) is 5.02 Å². The number of rotatable bonds is 7. The van der Waals surface area contributed by atoms with Gasteiger partial charge in [0.2, 0.25) is 15.9 Å². The first-order valence-corrected chi connectivity index (χ1v) is 10.9. The molecule has 2 aromatic rings. The molecule has 0 spiro atoms. The highest BCUT2D eigenvalue weighted by atomic mass is 35.5. The second-order valence-electron chi connectivity index (χ2n) is 6.73. The number of halogens is 1. The van der Waals surface area contributed by atoms with Crippen molar-refractivity contribution in [3.8, 4) is 5.75 Å². The summed E-state index contributed by atoms with van der Waals surface area (Å²) in [6.07, 6.45) is 1.05. The van der Waals surface area contributed by atoms with Crippen molar-refractivity contribution in [1.29, 1.82) is 0 Å². The molecule has 28 heavy (non-hydrogen) atoms. The molecule has 0 aliphatic rings. The van der Waals surface area contributed by atoms with E-state index in [9.17, 15) is 13.2 Å². The molecule has 0 unspecified atom stereocenters. The molecule has 0 saturated heterocycles. The summed E-state index contributed by atoms with van der Waals surface area (Å²) in [4.78, 5) is 14.5. The van der Waals surface area contributed by atoms with E-state index < -0.39 is 16.1 Å². The largest absolute Gasteiger partial charge is 0.495 e. The number of anilines is 1. The number of likely N-dealkylation sites (N-methyl/N-ethyl adjacent to an activating group) is 1. The van der Waals surface area contributed by atoms with Gasteiger partial charge in [-0.05, 0) is 37.6 Å². The number of carbonyl (C=O) groups excluding carboxylic acids is 1. The molecule has 6 nitrogen and oxygen atoms in total. The smallest absolute Gasteiger partial charge is 0.246 e. The Morgan fingerprint density at radius 1 is 1.18 bits per heavy atom. The van der Waals surface area contributed by atoms with Gasteiger partial charge in [0, 0.05) is 18.6 Å². The summed E-state index contributed by atoms with van der Waals surface area (Å²) in [5, 5.41) is 0.345. The number of benzene rings is 2. The highest BCUT2D eigenvalue weighted by Crippen LogP contribution is 2.34. The second kappa shape index (κ2) is 8.84. The minimum Gasteiger partial charge on any atom is -0.495 e. The van der Waals surface area contributed by atoms with Crippen LogP contribution in [0.5, 0.6) is 5.75 Å². The minimum atomic E-state index is -3.78. The van der Waals surface area contributed by atoms with Crippen LogP contribution >= 0.6 is 11.6 Å². The van der Waals surface area contributed by atoms with Gasteiger partial charge in [-0.2, -0.15) is 0 Å². The Balaban J connectivity index is 2.35. The van der Waals surface area contributed by atoms with E-state index in [0.717, 1.165) is 21.7 Å². The van der Waals surface area contributed by atoms with E-state index in [1.165, 1.54) is 18.1 Å². The minimum absolute atomic E-state index is 0.224. The average molecular weight is 425 g/mol. The molecule has 152 valence electrons. The highest BCUT2D eigenvalue weighted by Gasteiger charge is 2.33. The van der Waals surface area contributed by atoms with Gasteiger partial charge in [-0.25, -0.2) is 8.42 Å². The fraction of sp³-hybridized carbons (Fsp3) is 0.350. The normalized spacial score (nSPS) is 12.4. The van der Waals surface area contributed by atoms with Gasteiger partial charge in [0.25, 0.3) is 0 Å². The van der Waals surface area contributed by atoms with E-state index in [-0.39, 0.29) is 11.6 Å². The Morgan fingerprint density at radius 2 is 1.79 bits per heavy atom. The third kappa shape index (κ3) is 5.17. The summed E-state index contributed by atoms with van der Waals surface area (Å²) in [6.45, 7) is 3.91. The van der Waals surface area contributed by atoms with Crippen LogP contribution in [-0.2, 0) is 21.4 Å². The fourth-order valence-electron chi connectivity index (χ4n) is 2.97. The summed E-state index contributed by atoms with van der Waals surface area (Å²) < 4.78 is 31.4. The van der Waals surface area contributed by atoms with Crippen LogP contribution in [-0.4, -0.2) is 45.7 Å². The van der Waals surface area contributed by atoms with Crippen LogP contribution in [0, 0.1) is 6.92 Å². The Bertz CT molecular complexity index is 945. The second-order valence-corrected chi connectivity index (χ2v) is 9.03. The van der Waals surface area contributed by atoms with E-state index in [1.54, 1.807) is 26.1 Å². The Kier molecular flexibility index (Phi) is 6.96. The lowest BCUT2D eigenvalue weighted by Gasteiger charge is -2.32. The van der Waals surface area contributed by atoms with E-state index in [2.05, 4.69) is 0 Å². The molecule has 0 aliphatic heterocycles. The zero-order valence-electron chi connectivity index (χ0n) is 16.6. The molecule has 1 atom stereocenters. The first-order valence-electron chi connectivity index (χ1n) is 8.68. The molecular formula is C20H25ClN2O4S. The van der Waals surface area contributed by atoms with Crippen molar-refractivity contribution in [2.75, 3.05) is 24.7 Å². The first kappa shape index (κ1) is 22.0. The number of ether oxygens (including phenoxy) is 1. The number of hydrogen-bond acceptors (Lipinski definition) is 4. The third-order valence-corrected chi connectivity index (χ3v) is 5.82. The number of aryl methyl sites for hydroxylation is 1. The SMILES string of the molecule is COc1ccc(Cl)cc1N([C@H](C)C(=O)N(C)Cc1ccc(C)cc1)S(C)(=O)=O. The quantitative estimate of drug-likeness (QED) is 0.682. The van der Waals surface area contributed by atoms with Gasteiger partial charge in [-0.15, -0.1) is 0 Å². The van der Waals surface area contributed by atoms with Gasteiger partial charge in [-0.3, -0.25) is 9.10 Å². The number of nitrogens with zero attached hydrogens (tertiary/aromatic N) is 2. The zero-order chi connectivity index (χ0) is 21.1. The van der Waals surface area contributed by atoms with Crippen molar-refractivity contribution in [3.05, 3.63) is 58.6 Å². The van der Waals surface area contributed by atoms with Crippen LogP contribution < -0.4 is 9.04 Å². The van der Waals surface area contributed by atoms with Crippen molar-refractivity contribution >= 4 is 33.2 Å². The van der Waals surface area contributed by atoms with Gasteiger partial charge >= 0.3 is 0 Å². The zero-order valence-corrected chi connectivity index (χ0v) is 18.2. The predicted molar refractivity (Wildman–Crippen MR) is 112 cm³/mol. The molecule has 2 rings (SSSR count). The van der Waals surface area contributed by atoms with Crippen LogP contribution in [0.15, 0.2) is 42.5 Å². The molecular weight excluding hydrogens is 400 g/mol. The van der Waals surface area contributed by atoms with E-state index >= 15 is 0 Å². The Labute approximate surface area is 171 Å². The lowest BCUT2D eigenvalue weighted by Crippen LogP contribution is -2.48. The summed E-state index contributed by atoms with van der Waals surface area (Å²) in [5.41, 5.74) is 2.31. The first-order chi connectivity index (χ1) is 13.0. The number of methoxy groups -OCH3 is 1. The summed E-state index contributed by atoms with van der Waals surface area (Å²) in [6, 6.07) is 11.5. The van der Waals surface area contributed by atoms with Crippen LogP contribution in [0.3, 0.4) is 0 Å². The molecule has 0 heterocycles. The maximum absolute atomic E-state index is 13.0. The van der Waals surface area contributed by atoms with Crippen molar-refractivity contribution in [3.63, 3.8) is 0 Å². The fourth-order valence-corrected chi connectivity index (χ4v) is 4.31. The van der Waals surface area contributed by atoms with Gasteiger partial charge in [0.15, 0.2) is 0 Å². The van der Waals surface area contributed by atoms with Gasteiger partial charge in [-0.1, -0.05) is 41.4 Å². The monoisotopic (exact) mass is 424 g/mol. The van der Waals surface area contributed by atoms with Crippen molar-refractivity contribution in [2.45, 2.75) is 26.4 Å². The molecule has 0 radical (unpaired) electrons. The molecule has 8 heteroatoms. The molecule has 1 amide bonds. The van der Waals surface area contributed by atoms with Gasteiger partial charge < -0.3 is 9.64 Å². The molecule has 2 aromatic carbocycles. The van der Waals surface area contributed by atoms with Crippen LogP contribution in [0.4, 0.5) is 5.69 Å². The average Bonchev–Trinajstić information content (AvgIpc) is 2.62. The third-order valence-electron chi connectivity index (χ3n) is 4.36. The van der Waals surface area contributed by atoms with E-state index in [1.807, 2.05) is 31.2 Å². The maximum atomic E-state index is 13.0. The van der Waals surface area contributed by atoms with Gasteiger partial charge in [0.05, 0.1) is 19.1 Å². The number of sulfonamides is 1. The molecule has 0 aliphatic carbocycles. The number of hydrogen-bond donors (Lipinski definition) is 0. The summed E-state index contributed by atoms with van der Waals surface area (Å²) in [7, 11) is -0.695. The van der Waals surface area contributed by atoms with E-state index in [0.29, 0.717) is 17.3 Å². The van der Waals surface area contributed by atoms with Crippen LogP contribution in [0.1, 0.15) is 18.1 Å². The molecule has 0 bridgehead atoms. The number of amides is 1. The van der Waals surface area contributed by atoms with E-state index in [4.69, 9.17) is 16.3 Å². The van der Waals surface area contributed by atoms with Crippen molar-refractivity contribution in [1.82, 2.24) is 4.90 Å². The Hall–Kier alpha value is -2.25. The standard InChI is InChI=1S/C20H25ClN2O4S/c1-14-6-8-16(9-7-14)13-22(3)20(24)15(2)23(28(5,25)26)18-12-17(21)10-11-19(18)27-4/h6-12,15H,13H2,1-5H3/t15-/m1/s1. The summed E-state index contributed by atoms with van der Waals surface area (Å²) >= 11 is 6.06. The lowest BCUT2D eigenvalue weighted by molar-refractivity contribution is -0.131. The van der Waals surface area contributed by atoms with Gasteiger partial charge in [0.1, 0.15) is 11.8 Å². The van der Waals surface area contributed by atoms with Crippen molar-refractivity contribution in [2.24, 2.45) is 0 Å². The maximum Gasteiger partial charge on any atom is 0.246 e. The topological polar surface area (TPSA) is 66.9 Å². The Morgan fingerprint density at radius 3 is 2.32 bits per heavy atom. The number of carbonyl (C=O) groups is 1. The molecule has 0 aromatic heterocycles. The lowest BCUT2D eigenvalue weighted by atomic mass is 10.1. The molecule has 0 saturated carbocycles. The molecule has 0 N–H and O–H groups in total.